The number of sulfonamides is 1. The van der Waals surface area contributed by atoms with Crippen molar-refractivity contribution in [2.45, 2.75) is 94.9 Å². The number of alkyl halides is 4. The van der Waals surface area contributed by atoms with Gasteiger partial charge in [0.05, 0.1) is 11.4 Å². The standard InChI is InChI=1S/C26H37F4N3O6S/c1-16(22(33(24(35)36)25(2,3)4)23(34)32-14-13-18(27)15-32)17-5-7-19(8-6-17)31-40(37,38)21-11-9-20(10-12-21)39-26(28,29)30/h9-12,16-19,22,31H,5-8,13-15H2,1-4H3,(H,35,36)/t16-,17?,18+,19?,22+/m1/s1. The zero-order chi connectivity index (χ0) is 30.0. The minimum Gasteiger partial charge on any atom is -0.465 e. The highest BCUT2D eigenvalue weighted by Crippen LogP contribution is 2.37. The molecule has 2 amide bonds. The molecule has 1 saturated heterocycles. The Bertz CT molecular complexity index is 1150. The van der Waals surface area contributed by atoms with Gasteiger partial charge >= 0.3 is 12.5 Å². The average Bonchev–Trinajstić information content (AvgIpc) is 3.26. The number of carbonyl (C=O) groups excluding carboxylic acids is 1. The molecular formula is C26H37F4N3O6S. The third-order valence-electron chi connectivity index (χ3n) is 7.61. The summed E-state index contributed by atoms with van der Waals surface area (Å²) in [5, 5.41) is 10.1. The normalized spacial score (nSPS) is 23.9. The van der Waals surface area contributed by atoms with Crippen LogP contribution in [0.2, 0.25) is 0 Å². The van der Waals surface area contributed by atoms with Gasteiger partial charge in [-0.25, -0.2) is 22.3 Å². The lowest BCUT2D eigenvalue weighted by molar-refractivity contribution is -0.274. The van der Waals surface area contributed by atoms with E-state index in [1.165, 1.54) is 4.90 Å². The number of hydrogen-bond acceptors (Lipinski definition) is 5. The van der Waals surface area contributed by atoms with E-state index in [1.807, 2.05) is 6.92 Å². The van der Waals surface area contributed by atoms with E-state index in [0.717, 1.165) is 29.2 Å². The number of halogens is 4. The molecule has 1 aromatic rings. The number of rotatable bonds is 8. The fourth-order valence-electron chi connectivity index (χ4n) is 5.63. The van der Waals surface area contributed by atoms with E-state index in [4.69, 9.17) is 0 Å². The molecule has 2 aliphatic rings. The first-order chi connectivity index (χ1) is 18.4. The summed E-state index contributed by atoms with van der Waals surface area (Å²) in [7, 11) is -4.02. The Kier molecular flexibility index (Phi) is 9.65. The first kappa shape index (κ1) is 31.9. The maximum Gasteiger partial charge on any atom is 0.573 e. The third-order valence-corrected chi connectivity index (χ3v) is 9.14. The maximum atomic E-state index is 13.9. The lowest BCUT2D eigenvalue weighted by Gasteiger charge is -2.45. The highest BCUT2D eigenvalue weighted by Gasteiger charge is 2.46. The molecule has 1 aliphatic heterocycles. The van der Waals surface area contributed by atoms with Gasteiger partial charge in [0.25, 0.3) is 0 Å². The second kappa shape index (κ2) is 12.1. The lowest BCUT2D eigenvalue weighted by atomic mass is 9.75. The Labute approximate surface area is 231 Å². The molecule has 226 valence electrons. The van der Waals surface area contributed by atoms with Crippen LogP contribution in [0.25, 0.3) is 0 Å². The number of carbonyl (C=O) groups is 2. The number of amides is 2. The van der Waals surface area contributed by atoms with Crippen LogP contribution in [-0.4, -0.2) is 78.6 Å². The van der Waals surface area contributed by atoms with Crippen molar-refractivity contribution < 1.29 is 45.4 Å². The van der Waals surface area contributed by atoms with E-state index in [2.05, 4.69) is 9.46 Å². The van der Waals surface area contributed by atoms with Gasteiger partial charge in [0.2, 0.25) is 15.9 Å². The van der Waals surface area contributed by atoms with Gasteiger partial charge in [-0.15, -0.1) is 13.2 Å². The van der Waals surface area contributed by atoms with Crippen molar-refractivity contribution in [3.05, 3.63) is 24.3 Å². The molecule has 2 N–H and O–H groups in total. The van der Waals surface area contributed by atoms with Crippen LogP contribution in [-0.2, 0) is 14.8 Å². The Hall–Kier alpha value is -2.61. The van der Waals surface area contributed by atoms with Gasteiger partial charge in [-0.2, -0.15) is 0 Å². The number of benzene rings is 1. The van der Waals surface area contributed by atoms with Gasteiger partial charge in [0.15, 0.2) is 0 Å². The SMILES string of the molecule is C[C@H](C1CCC(NS(=O)(=O)c2ccc(OC(F)(F)F)cc2)CC1)[C@@H](C(=O)N1CC[C@H](F)C1)N(C(=O)O)C(C)(C)C. The van der Waals surface area contributed by atoms with Crippen LogP contribution in [0.1, 0.15) is 59.8 Å². The second-order valence-electron chi connectivity index (χ2n) is 11.5. The molecule has 3 rings (SSSR count). The number of hydrogen-bond donors (Lipinski definition) is 2. The Morgan fingerprint density at radius 1 is 1.07 bits per heavy atom. The summed E-state index contributed by atoms with van der Waals surface area (Å²) < 4.78 is 83.1. The van der Waals surface area contributed by atoms with Gasteiger partial charge < -0.3 is 14.7 Å². The van der Waals surface area contributed by atoms with Crippen molar-refractivity contribution in [3.63, 3.8) is 0 Å². The highest BCUT2D eigenvalue weighted by molar-refractivity contribution is 7.89. The summed E-state index contributed by atoms with van der Waals surface area (Å²) in [5.41, 5.74) is -0.900. The smallest absolute Gasteiger partial charge is 0.465 e. The van der Waals surface area contributed by atoms with E-state index in [9.17, 15) is 40.7 Å². The van der Waals surface area contributed by atoms with Crippen molar-refractivity contribution in [2.75, 3.05) is 13.1 Å². The Morgan fingerprint density at radius 3 is 2.10 bits per heavy atom. The molecule has 0 radical (unpaired) electrons. The molecule has 1 aromatic carbocycles. The minimum absolute atomic E-state index is 0.0719. The maximum absolute atomic E-state index is 13.9. The molecule has 0 aromatic heterocycles. The van der Waals surface area contributed by atoms with Gasteiger partial charge in [0.1, 0.15) is 18.0 Å². The Balaban J connectivity index is 1.70. The molecule has 0 bridgehead atoms. The lowest BCUT2D eigenvalue weighted by Crippen LogP contribution is -2.60. The highest BCUT2D eigenvalue weighted by atomic mass is 32.2. The van der Waals surface area contributed by atoms with Crippen LogP contribution in [0.4, 0.5) is 22.4 Å². The largest absolute Gasteiger partial charge is 0.573 e. The molecule has 9 nitrogen and oxygen atoms in total. The second-order valence-corrected chi connectivity index (χ2v) is 13.3. The first-order valence-electron chi connectivity index (χ1n) is 13.2. The van der Waals surface area contributed by atoms with Gasteiger partial charge in [-0.3, -0.25) is 9.69 Å². The summed E-state index contributed by atoms with van der Waals surface area (Å²) in [6.45, 7) is 7.06. The fourth-order valence-corrected chi connectivity index (χ4v) is 6.93. The number of carboxylic acid groups (broad SMARTS) is 1. The molecule has 1 heterocycles. The van der Waals surface area contributed by atoms with Crippen molar-refractivity contribution in [3.8, 4) is 5.75 Å². The van der Waals surface area contributed by atoms with Crippen molar-refractivity contribution in [1.29, 1.82) is 0 Å². The van der Waals surface area contributed by atoms with E-state index >= 15 is 0 Å². The summed E-state index contributed by atoms with van der Waals surface area (Å²) in [4.78, 5) is 28.2. The number of likely N-dealkylation sites (tertiary alicyclic amines) is 1. The van der Waals surface area contributed by atoms with Gasteiger partial charge in [-0.05, 0) is 89.0 Å². The molecule has 0 unspecified atom stereocenters. The predicted molar refractivity (Wildman–Crippen MR) is 138 cm³/mol. The van der Waals surface area contributed by atoms with Crippen LogP contribution in [0.15, 0.2) is 29.2 Å². The summed E-state index contributed by atoms with van der Waals surface area (Å²) in [5.74, 6) is -1.47. The molecule has 40 heavy (non-hydrogen) atoms. The van der Waals surface area contributed by atoms with Crippen LogP contribution in [0.3, 0.4) is 0 Å². The predicted octanol–water partition coefficient (Wildman–Crippen LogP) is 4.78. The molecule has 1 saturated carbocycles. The van der Waals surface area contributed by atoms with E-state index < -0.39 is 63.8 Å². The average molecular weight is 596 g/mol. The summed E-state index contributed by atoms with van der Waals surface area (Å²) >= 11 is 0. The van der Waals surface area contributed by atoms with Crippen molar-refractivity contribution in [2.24, 2.45) is 11.8 Å². The molecule has 2 fully saturated rings. The van der Waals surface area contributed by atoms with Gasteiger partial charge in [-0.1, -0.05) is 6.92 Å². The third kappa shape index (κ3) is 7.99. The van der Waals surface area contributed by atoms with E-state index in [-0.39, 0.29) is 30.3 Å². The van der Waals surface area contributed by atoms with Gasteiger partial charge in [0, 0.05) is 18.1 Å². The Morgan fingerprint density at radius 2 is 1.65 bits per heavy atom. The summed E-state index contributed by atoms with van der Waals surface area (Å²) in [6, 6.07) is 2.43. The van der Waals surface area contributed by atoms with Crippen molar-refractivity contribution in [1.82, 2.24) is 14.5 Å². The number of nitrogens with zero attached hydrogens (tertiary/aromatic N) is 2. The zero-order valence-electron chi connectivity index (χ0n) is 22.9. The first-order valence-corrected chi connectivity index (χ1v) is 14.7. The molecule has 1 aliphatic carbocycles. The number of nitrogens with one attached hydrogen (secondary N) is 1. The topological polar surface area (TPSA) is 116 Å². The van der Waals surface area contributed by atoms with Crippen LogP contribution >= 0.6 is 0 Å². The van der Waals surface area contributed by atoms with Crippen LogP contribution < -0.4 is 9.46 Å². The minimum atomic E-state index is -4.89. The monoisotopic (exact) mass is 595 g/mol. The number of ether oxygens (including phenoxy) is 1. The molecule has 0 spiro atoms. The molecule has 14 heteroatoms. The van der Waals surface area contributed by atoms with E-state index in [0.29, 0.717) is 25.7 Å². The molecule has 3 atom stereocenters. The van der Waals surface area contributed by atoms with E-state index in [1.54, 1.807) is 20.8 Å². The van der Waals surface area contributed by atoms with Crippen molar-refractivity contribution >= 4 is 22.0 Å². The fraction of sp³-hybridized carbons (Fsp3) is 0.692. The quantitative estimate of drug-likeness (QED) is 0.418. The zero-order valence-corrected chi connectivity index (χ0v) is 23.8. The summed E-state index contributed by atoms with van der Waals surface area (Å²) in [6.07, 6.45) is -5.21. The van der Waals surface area contributed by atoms with Crippen LogP contribution in [0, 0.1) is 11.8 Å². The van der Waals surface area contributed by atoms with Crippen LogP contribution in [0.5, 0.6) is 5.75 Å². The molecular weight excluding hydrogens is 558 g/mol.